The second kappa shape index (κ2) is 4.43. The van der Waals surface area contributed by atoms with E-state index < -0.39 is 34.1 Å². The summed E-state index contributed by atoms with van der Waals surface area (Å²) in [4.78, 5) is 32.7. The summed E-state index contributed by atoms with van der Waals surface area (Å²) < 4.78 is -1.07. The minimum absolute atomic E-state index is 0.130. The molecule has 0 spiro atoms. The van der Waals surface area contributed by atoms with Crippen molar-refractivity contribution in [3.63, 3.8) is 0 Å². The van der Waals surface area contributed by atoms with E-state index in [1.54, 1.807) is 0 Å². The van der Waals surface area contributed by atoms with Crippen LogP contribution in [0.1, 0.15) is 6.42 Å². The number of nitrogens with one attached hydrogen (secondary N) is 1. The fourth-order valence-corrected chi connectivity index (χ4v) is 2.59. The van der Waals surface area contributed by atoms with Gasteiger partial charge < -0.3 is 0 Å². The molecule has 1 aliphatic heterocycles. The van der Waals surface area contributed by atoms with Gasteiger partial charge >= 0.3 is 98.9 Å². The zero-order valence-electron chi connectivity index (χ0n) is 8.21. The van der Waals surface area contributed by atoms with Gasteiger partial charge in [0.1, 0.15) is 0 Å². The molecule has 90 valence electrons. The van der Waals surface area contributed by atoms with Gasteiger partial charge in [0.15, 0.2) is 0 Å². The molecule has 8 heteroatoms. The molecule has 0 radical (unpaired) electrons. The Labute approximate surface area is 99.3 Å². The molecule has 7 nitrogen and oxygen atoms in total. The predicted molar refractivity (Wildman–Crippen MR) is 54.0 cm³/mol. The first-order valence-electron chi connectivity index (χ1n) is 4.49. The van der Waals surface area contributed by atoms with E-state index in [4.69, 9.17) is 15.3 Å². The van der Waals surface area contributed by atoms with Crippen LogP contribution in [-0.2, 0) is 14.4 Å². The summed E-state index contributed by atoms with van der Waals surface area (Å²) in [6, 6.07) is -0.992. The van der Waals surface area contributed by atoms with Gasteiger partial charge in [0.2, 0.25) is 0 Å². The molecule has 2 unspecified atom stereocenters. The second-order valence-corrected chi connectivity index (χ2v) is 5.15. The van der Waals surface area contributed by atoms with Crippen LogP contribution in [-0.4, -0.2) is 62.7 Å². The van der Waals surface area contributed by atoms with Gasteiger partial charge in [-0.3, -0.25) is 0 Å². The molecule has 1 heterocycles. The van der Waals surface area contributed by atoms with Gasteiger partial charge in [-0.1, -0.05) is 0 Å². The SMILES string of the molecule is O=C(O)C([AsH2])[C@@]1(C(=O)O)CN[C@H](C(=O)O)C1. The molecule has 1 aliphatic rings. The van der Waals surface area contributed by atoms with Crippen LogP contribution in [0.3, 0.4) is 0 Å². The summed E-state index contributed by atoms with van der Waals surface area (Å²) in [5, 5.41) is 29.2. The topological polar surface area (TPSA) is 124 Å². The first kappa shape index (κ1) is 13.0. The zero-order valence-corrected chi connectivity index (χ0v) is 10.6. The van der Waals surface area contributed by atoms with E-state index in [0.717, 1.165) is 16.9 Å². The second-order valence-electron chi connectivity index (χ2n) is 3.75. The molecular weight excluding hydrogens is 281 g/mol. The number of rotatable bonds is 4. The molecule has 1 fully saturated rings. The van der Waals surface area contributed by atoms with E-state index in [-0.39, 0.29) is 13.0 Å². The van der Waals surface area contributed by atoms with Crippen molar-refractivity contribution < 1.29 is 29.7 Å². The number of hydrogen-bond donors (Lipinski definition) is 4. The van der Waals surface area contributed by atoms with Gasteiger partial charge in [0, 0.05) is 0 Å². The Bertz CT molecular complexity index is 345. The van der Waals surface area contributed by atoms with Crippen molar-refractivity contribution in [2.75, 3.05) is 6.54 Å². The van der Waals surface area contributed by atoms with Gasteiger partial charge in [-0.2, -0.15) is 0 Å². The van der Waals surface area contributed by atoms with Crippen LogP contribution in [0.15, 0.2) is 0 Å². The van der Waals surface area contributed by atoms with Crippen molar-refractivity contribution in [3.8, 4) is 0 Å². The van der Waals surface area contributed by atoms with Crippen LogP contribution < -0.4 is 5.32 Å². The van der Waals surface area contributed by atoms with Crippen molar-refractivity contribution >= 4 is 34.8 Å². The van der Waals surface area contributed by atoms with E-state index in [0.29, 0.717) is 0 Å². The van der Waals surface area contributed by atoms with E-state index in [1.165, 1.54) is 0 Å². The number of carboxylic acids is 3. The average molecular weight is 293 g/mol. The molecule has 0 bridgehead atoms. The maximum atomic E-state index is 11.2. The Morgan fingerprint density at radius 1 is 1.31 bits per heavy atom. The molecule has 16 heavy (non-hydrogen) atoms. The Morgan fingerprint density at radius 2 is 1.88 bits per heavy atom. The van der Waals surface area contributed by atoms with E-state index in [9.17, 15) is 14.4 Å². The number of hydrogen-bond acceptors (Lipinski definition) is 4. The Kier molecular flexibility index (Phi) is 3.60. The van der Waals surface area contributed by atoms with Crippen LogP contribution in [0.5, 0.6) is 0 Å². The Hall–Kier alpha value is -1.07. The number of aliphatic carboxylic acids is 3. The zero-order chi connectivity index (χ0) is 12.5. The standard InChI is InChI=1S/C8H12AsNO6/c9-4(6(13)14)8(7(15)16)1-3(5(11)12)10-2-8/h3-4,10H,1-2,9H2,(H,11,12)(H,13,14)(H,15,16)/t3-,4?,8-/m0/s1. The van der Waals surface area contributed by atoms with Gasteiger partial charge in [-0.05, 0) is 0 Å². The molecule has 0 saturated carbocycles. The molecule has 4 atom stereocenters. The monoisotopic (exact) mass is 293 g/mol. The summed E-state index contributed by atoms with van der Waals surface area (Å²) in [5.41, 5.74) is -1.52. The van der Waals surface area contributed by atoms with Crippen LogP contribution >= 0.6 is 0 Å². The molecule has 0 aromatic carbocycles. The summed E-state index contributed by atoms with van der Waals surface area (Å²) >= 11 is 0.777. The van der Waals surface area contributed by atoms with Crippen LogP contribution in [0, 0.1) is 5.41 Å². The molecule has 0 aliphatic carbocycles. The molecule has 1 rings (SSSR count). The average Bonchev–Trinajstić information content (AvgIpc) is 2.62. The third kappa shape index (κ3) is 2.05. The number of carboxylic acid groups (broad SMARTS) is 3. The summed E-state index contributed by atoms with van der Waals surface area (Å²) in [6.45, 7) is -0.130. The summed E-state index contributed by atoms with van der Waals surface area (Å²) in [5.74, 6) is -3.64. The summed E-state index contributed by atoms with van der Waals surface area (Å²) in [7, 11) is 0. The normalized spacial score (nSPS) is 30.9. The van der Waals surface area contributed by atoms with E-state index >= 15 is 0 Å². The number of carbonyl (C=O) groups is 3. The van der Waals surface area contributed by atoms with E-state index in [1.807, 2.05) is 0 Å². The first-order valence-corrected chi connectivity index (χ1v) is 5.89. The molecule has 0 amide bonds. The van der Waals surface area contributed by atoms with Crippen molar-refractivity contribution in [1.29, 1.82) is 0 Å². The van der Waals surface area contributed by atoms with Gasteiger partial charge in [0.25, 0.3) is 0 Å². The van der Waals surface area contributed by atoms with Gasteiger partial charge in [0.05, 0.1) is 0 Å². The fourth-order valence-electron chi connectivity index (χ4n) is 1.76. The van der Waals surface area contributed by atoms with E-state index in [2.05, 4.69) is 5.32 Å². The van der Waals surface area contributed by atoms with Crippen molar-refractivity contribution in [2.45, 2.75) is 17.2 Å². The van der Waals surface area contributed by atoms with Crippen LogP contribution in [0.25, 0.3) is 0 Å². The fraction of sp³-hybridized carbons (Fsp3) is 0.625. The third-order valence-corrected chi connectivity index (χ3v) is 4.75. The Balaban J connectivity index is 2.98. The third-order valence-electron chi connectivity index (χ3n) is 2.82. The minimum atomic E-state index is -1.52. The molecular formula is C8H12AsNO6. The van der Waals surface area contributed by atoms with Crippen molar-refractivity contribution in [2.24, 2.45) is 5.41 Å². The Morgan fingerprint density at radius 3 is 2.19 bits per heavy atom. The molecule has 0 aromatic heterocycles. The maximum absolute atomic E-state index is 11.2. The van der Waals surface area contributed by atoms with Crippen molar-refractivity contribution in [3.05, 3.63) is 0 Å². The van der Waals surface area contributed by atoms with Crippen molar-refractivity contribution in [1.82, 2.24) is 5.32 Å². The van der Waals surface area contributed by atoms with Crippen LogP contribution in [0.2, 0.25) is 4.71 Å². The molecule has 1 saturated heterocycles. The van der Waals surface area contributed by atoms with Gasteiger partial charge in [-0.15, -0.1) is 0 Å². The predicted octanol–water partition coefficient (Wildman–Crippen LogP) is -1.99. The van der Waals surface area contributed by atoms with Crippen LogP contribution in [0.4, 0.5) is 0 Å². The first-order chi connectivity index (χ1) is 7.31. The summed E-state index contributed by atoms with van der Waals surface area (Å²) in [6.07, 6.45) is -0.202. The molecule has 4 N–H and O–H groups in total. The van der Waals surface area contributed by atoms with Gasteiger partial charge in [-0.25, -0.2) is 0 Å². The quantitative estimate of drug-likeness (QED) is 0.442. The molecule has 0 aromatic rings.